The van der Waals surface area contributed by atoms with E-state index in [1.54, 1.807) is 0 Å². The minimum Gasteiger partial charge on any atom is -0.487 e. The standard InChI is InChI=1S/C27H32O5/c1-16-20-10-13-27(4)24(26(20,3)12-11-21(16)30-17(2)28)14-19-23(32-27)15-22(31-25(19)29)18-8-6-5-7-9-18/h5-9,15-16,20-21,24H,10-14H2,1-4H3/t16-,20?,21?,24?,26+,27-/m1/s1. The van der Waals surface area contributed by atoms with Crippen LogP contribution >= 0.6 is 0 Å². The SMILES string of the molecule is CC(=O)OC1CC[C@@]2(C)C(CC[C@@]3(C)Oc4cc(-c5ccccc5)oc(=O)c4CC23)[C@H]1C. The molecular weight excluding hydrogens is 404 g/mol. The molecule has 2 heterocycles. The largest absolute Gasteiger partial charge is 0.487 e. The number of carbonyl (C=O) groups is 1. The van der Waals surface area contributed by atoms with Crippen LogP contribution in [0.5, 0.6) is 5.75 Å². The third kappa shape index (κ3) is 3.28. The molecule has 0 saturated heterocycles. The minimum absolute atomic E-state index is 0.0191. The average molecular weight is 437 g/mol. The molecule has 0 bridgehead atoms. The van der Waals surface area contributed by atoms with Crippen molar-refractivity contribution in [2.75, 3.05) is 0 Å². The summed E-state index contributed by atoms with van der Waals surface area (Å²) in [4.78, 5) is 24.6. The number of fused-ring (bicyclic) bond motifs is 4. The smallest absolute Gasteiger partial charge is 0.343 e. The van der Waals surface area contributed by atoms with Crippen LogP contribution in [0.1, 0.15) is 58.9 Å². The normalized spacial score (nSPS) is 35.6. The molecule has 170 valence electrons. The zero-order valence-corrected chi connectivity index (χ0v) is 19.4. The van der Waals surface area contributed by atoms with Crippen LogP contribution in [0.3, 0.4) is 0 Å². The van der Waals surface area contributed by atoms with Gasteiger partial charge in [-0.25, -0.2) is 4.79 Å². The first-order valence-corrected chi connectivity index (χ1v) is 11.8. The molecule has 3 unspecified atom stereocenters. The number of hydrogen-bond acceptors (Lipinski definition) is 5. The molecule has 0 spiro atoms. The Morgan fingerprint density at radius 2 is 1.88 bits per heavy atom. The van der Waals surface area contributed by atoms with Crippen molar-refractivity contribution in [2.24, 2.45) is 23.2 Å². The van der Waals surface area contributed by atoms with E-state index in [0.717, 1.165) is 31.2 Å². The molecule has 2 aliphatic carbocycles. The predicted octanol–water partition coefficient (Wildman–Crippen LogP) is 5.39. The molecule has 5 rings (SSSR count). The van der Waals surface area contributed by atoms with Crippen molar-refractivity contribution in [3.63, 3.8) is 0 Å². The molecule has 1 aromatic heterocycles. The fraction of sp³-hybridized carbons (Fsp3) is 0.556. The van der Waals surface area contributed by atoms with Crippen LogP contribution in [0.15, 0.2) is 45.6 Å². The van der Waals surface area contributed by atoms with Crippen molar-refractivity contribution in [3.05, 3.63) is 52.4 Å². The molecule has 32 heavy (non-hydrogen) atoms. The molecule has 2 fully saturated rings. The van der Waals surface area contributed by atoms with Crippen molar-refractivity contribution in [1.82, 2.24) is 0 Å². The Hall–Kier alpha value is -2.56. The lowest BCUT2D eigenvalue weighted by Crippen LogP contribution is -2.62. The molecule has 6 atom stereocenters. The summed E-state index contributed by atoms with van der Waals surface area (Å²) in [5.74, 6) is 1.95. The van der Waals surface area contributed by atoms with Gasteiger partial charge in [-0.2, -0.15) is 0 Å². The summed E-state index contributed by atoms with van der Waals surface area (Å²) in [5, 5.41) is 0. The van der Waals surface area contributed by atoms with E-state index in [0.29, 0.717) is 35.3 Å². The van der Waals surface area contributed by atoms with Gasteiger partial charge in [0.25, 0.3) is 0 Å². The molecule has 5 nitrogen and oxygen atoms in total. The van der Waals surface area contributed by atoms with Gasteiger partial charge in [-0.3, -0.25) is 4.79 Å². The highest BCUT2D eigenvalue weighted by Gasteiger charge is 2.60. The Morgan fingerprint density at radius 3 is 2.59 bits per heavy atom. The lowest BCUT2D eigenvalue weighted by atomic mass is 9.47. The number of rotatable bonds is 2. The quantitative estimate of drug-likeness (QED) is 0.590. The van der Waals surface area contributed by atoms with E-state index in [1.165, 1.54) is 6.92 Å². The Labute approximate surface area is 189 Å². The maximum Gasteiger partial charge on any atom is 0.343 e. The topological polar surface area (TPSA) is 65.7 Å². The molecule has 5 heteroatoms. The number of esters is 1. The summed E-state index contributed by atoms with van der Waals surface area (Å²) in [7, 11) is 0. The number of carbonyl (C=O) groups excluding carboxylic acids is 1. The summed E-state index contributed by atoms with van der Waals surface area (Å²) < 4.78 is 18.0. The van der Waals surface area contributed by atoms with Crippen molar-refractivity contribution in [1.29, 1.82) is 0 Å². The Kier molecular flexibility index (Phi) is 4.99. The average Bonchev–Trinajstić information content (AvgIpc) is 2.75. The fourth-order valence-electron chi connectivity index (χ4n) is 7.02. The molecule has 0 amide bonds. The van der Waals surface area contributed by atoms with Gasteiger partial charge in [-0.05, 0) is 56.3 Å². The van der Waals surface area contributed by atoms with Gasteiger partial charge < -0.3 is 13.9 Å². The molecular formula is C27H32O5. The number of ether oxygens (including phenoxy) is 2. The van der Waals surface area contributed by atoms with E-state index in [1.807, 2.05) is 36.4 Å². The second kappa shape index (κ2) is 7.50. The number of hydrogen-bond donors (Lipinski definition) is 0. The summed E-state index contributed by atoms with van der Waals surface area (Å²) in [6.45, 7) is 8.28. The monoisotopic (exact) mass is 436 g/mol. The first kappa shape index (κ1) is 21.3. The van der Waals surface area contributed by atoms with Crippen molar-refractivity contribution in [2.45, 2.75) is 71.5 Å². The van der Waals surface area contributed by atoms with E-state index in [9.17, 15) is 9.59 Å². The van der Waals surface area contributed by atoms with Gasteiger partial charge in [0.2, 0.25) is 0 Å². The molecule has 1 aliphatic heterocycles. The van der Waals surface area contributed by atoms with Gasteiger partial charge in [0, 0.05) is 24.5 Å². The van der Waals surface area contributed by atoms with Crippen LogP contribution in [0.2, 0.25) is 0 Å². The highest BCUT2D eigenvalue weighted by Crippen LogP contribution is 2.61. The first-order valence-electron chi connectivity index (χ1n) is 11.8. The first-order chi connectivity index (χ1) is 15.2. The van der Waals surface area contributed by atoms with Gasteiger partial charge in [0.15, 0.2) is 0 Å². The van der Waals surface area contributed by atoms with Gasteiger partial charge in [-0.15, -0.1) is 0 Å². The van der Waals surface area contributed by atoms with Crippen molar-refractivity contribution in [3.8, 4) is 17.1 Å². The van der Waals surface area contributed by atoms with E-state index < -0.39 is 0 Å². The minimum atomic E-state index is -0.325. The third-order valence-electron chi connectivity index (χ3n) is 8.66. The Bertz CT molecular complexity index is 1090. The Balaban J connectivity index is 1.50. The maximum absolute atomic E-state index is 13.0. The van der Waals surface area contributed by atoms with Crippen LogP contribution in [0.4, 0.5) is 0 Å². The molecule has 2 aromatic rings. The highest BCUT2D eigenvalue weighted by molar-refractivity contribution is 5.66. The zero-order chi connectivity index (χ0) is 22.7. The summed E-state index contributed by atoms with van der Waals surface area (Å²) in [5.41, 5.74) is 0.926. The summed E-state index contributed by atoms with van der Waals surface area (Å²) in [6, 6.07) is 11.6. The molecule has 2 saturated carbocycles. The van der Waals surface area contributed by atoms with Crippen molar-refractivity contribution < 1.29 is 18.7 Å². The molecule has 0 radical (unpaired) electrons. The number of benzene rings is 1. The third-order valence-corrected chi connectivity index (χ3v) is 8.66. The van der Waals surface area contributed by atoms with Gasteiger partial charge in [-0.1, -0.05) is 44.2 Å². The zero-order valence-electron chi connectivity index (χ0n) is 19.4. The van der Waals surface area contributed by atoms with E-state index in [2.05, 4.69) is 20.8 Å². The van der Waals surface area contributed by atoms with E-state index in [-0.39, 0.29) is 34.6 Å². The van der Waals surface area contributed by atoms with Crippen molar-refractivity contribution >= 4 is 5.97 Å². The van der Waals surface area contributed by atoms with Crippen LogP contribution in [0, 0.1) is 23.2 Å². The summed E-state index contributed by atoms with van der Waals surface area (Å²) in [6.07, 6.45) is 4.42. The van der Waals surface area contributed by atoms with Crippen LogP contribution in [-0.4, -0.2) is 17.7 Å². The summed E-state index contributed by atoms with van der Waals surface area (Å²) >= 11 is 0. The predicted molar refractivity (Wildman–Crippen MR) is 121 cm³/mol. The van der Waals surface area contributed by atoms with Gasteiger partial charge in [0.05, 0.1) is 5.56 Å². The highest BCUT2D eigenvalue weighted by atomic mass is 16.5. The second-order valence-corrected chi connectivity index (χ2v) is 10.5. The van der Waals surface area contributed by atoms with Gasteiger partial charge >= 0.3 is 11.6 Å². The maximum atomic E-state index is 13.0. The second-order valence-electron chi connectivity index (χ2n) is 10.5. The van der Waals surface area contributed by atoms with E-state index in [4.69, 9.17) is 13.9 Å². The van der Waals surface area contributed by atoms with Crippen LogP contribution in [-0.2, 0) is 16.0 Å². The fourth-order valence-corrected chi connectivity index (χ4v) is 7.02. The molecule has 3 aliphatic rings. The Morgan fingerprint density at radius 1 is 1.12 bits per heavy atom. The van der Waals surface area contributed by atoms with Gasteiger partial charge in [0.1, 0.15) is 23.2 Å². The van der Waals surface area contributed by atoms with E-state index >= 15 is 0 Å². The van der Waals surface area contributed by atoms with Crippen LogP contribution in [0.25, 0.3) is 11.3 Å². The van der Waals surface area contributed by atoms with Crippen LogP contribution < -0.4 is 10.4 Å². The molecule has 1 aromatic carbocycles. The molecule has 0 N–H and O–H groups in total. The lowest BCUT2D eigenvalue weighted by molar-refractivity contribution is -0.180. The lowest BCUT2D eigenvalue weighted by Gasteiger charge is -2.61.